The van der Waals surface area contributed by atoms with Crippen LogP contribution in [0.2, 0.25) is 0 Å². The summed E-state index contributed by atoms with van der Waals surface area (Å²) in [5, 5.41) is 1.21. The number of furan rings is 1. The van der Waals surface area contributed by atoms with E-state index >= 15 is 0 Å². The fourth-order valence-electron chi connectivity index (χ4n) is 11.9. The quantitative estimate of drug-likeness (QED) is 0.155. The molecule has 0 spiro atoms. The van der Waals surface area contributed by atoms with Gasteiger partial charge in [-0.3, -0.25) is 4.90 Å². The average Bonchev–Trinajstić information content (AvgIpc) is 3.74. The maximum absolute atomic E-state index is 7.48. The van der Waals surface area contributed by atoms with Crippen LogP contribution < -0.4 is 31.1 Å². The molecule has 0 atom stereocenters. The number of rotatable bonds is 6. The van der Waals surface area contributed by atoms with Crippen molar-refractivity contribution in [3.63, 3.8) is 0 Å². The zero-order chi connectivity index (χ0) is 49.2. The molecule has 2 aliphatic heterocycles. The van der Waals surface area contributed by atoms with E-state index in [1.165, 1.54) is 55.4 Å². The molecule has 0 radical (unpaired) electrons. The molecule has 9 aromatic rings. The first-order chi connectivity index (χ1) is 34.0. The summed E-state index contributed by atoms with van der Waals surface area (Å²) in [7, 11) is 0. The molecule has 3 aliphatic rings. The normalized spacial score (nSPS) is 15.5. The molecule has 71 heavy (non-hydrogen) atoms. The Morgan fingerprint density at radius 1 is 0.479 bits per heavy atom. The lowest BCUT2D eigenvalue weighted by Crippen LogP contribution is -2.61. The third-order valence-corrected chi connectivity index (χ3v) is 16.0. The van der Waals surface area contributed by atoms with Crippen LogP contribution in [0.15, 0.2) is 186 Å². The number of hydrogen-bond acceptors (Lipinski definition) is 4. The molecule has 5 heteroatoms. The zero-order valence-electron chi connectivity index (χ0n) is 43.1. The Bertz CT molecular complexity index is 3460. The first-order valence-electron chi connectivity index (χ1n) is 25.7. The lowest BCUT2D eigenvalue weighted by atomic mass is 9.33. The fourth-order valence-corrected chi connectivity index (χ4v) is 11.9. The minimum atomic E-state index is -0.173. The molecule has 0 fully saturated rings. The van der Waals surface area contributed by atoms with Gasteiger partial charge in [-0.15, -0.1) is 0 Å². The Labute approximate surface area is 421 Å². The number of benzene rings is 8. The second-order valence-corrected chi connectivity index (χ2v) is 23.7. The van der Waals surface area contributed by atoms with Crippen molar-refractivity contribution in [3.05, 3.63) is 204 Å². The highest BCUT2D eigenvalue weighted by atomic mass is 16.4. The minimum Gasteiger partial charge on any atom is -0.440 e. The Kier molecular flexibility index (Phi) is 10.2. The maximum Gasteiger partial charge on any atom is 0.257 e. The van der Waals surface area contributed by atoms with Crippen molar-refractivity contribution in [2.75, 3.05) is 14.7 Å². The van der Waals surface area contributed by atoms with E-state index < -0.39 is 0 Å². The molecule has 0 amide bonds. The van der Waals surface area contributed by atoms with Gasteiger partial charge >= 0.3 is 0 Å². The van der Waals surface area contributed by atoms with Crippen molar-refractivity contribution in [3.8, 4) is 11.1 Å². The highest BCUT2D eigenvalue weighted by Gasteiger charge is 2.48. The summed E-state index contributed by atoms with van der Waals surface area (Å²) >= 11 is 0. The Morgan fingerprint density at radius 3 is 1.63 bits per heavy atom. The monoisotopic (exact) mass is 926 g/mol. The van der Waals surface area contributed by atoms with Gasteiger partial charge in [-0.25, -0.2) is 0 Å². The first-order valence-corrected chi connectivity index (χ1v) is 25.7. The van der Waals surface area contributed by atoms with Crippen LogP contribution in [0.3, 0.4) is 0 Å². The number of fused-ring (bicyclic) bond motifs is 7. The van der Waals surface area contributed by atoms with Crippen molar-refractivity contribution >= 4 is 85.5 Å². The molecular weight excluding hydrogens is 862 g/mol. The van der Waals surface area contributed by atoms with E-state index in [1.54, 1.807) is 0 Å². The van der Waals surface area contributed by atoms with Crippen LogP contribution in [0, 0.1) is 0 Å². The molecule has 0 unspecified atom stereocenters. The van der Waals surface area contributed by atoms with E-state index in [0.717, 1.165) is 69.6 Å². The largest absolute Gasteiger partial charge is 0.440 e. The topological polar surface area (TPSA) is 22.9 Å². The predicted octanol–water partition coefficient (Wildman–Crippen LogP) is 16.6. The summed E-state index contributed by atoms with van der Waals surface area (Å²) in [5.74, 6) is 0.912. The van der Waals surface area contributed by atoms with Gasteiger partial charge in [-0.2, -0.15) is 0 Å². The number of para-hydroxylation sites is 3. The molecule has 0 saturated heterocycles. The molecule has 1 aromatic heterocycles. The van der Waals surface area contributed by atoms with Crippen molar-refractivity contribution in [1.82, 2.24) is 0 Å². The molecule has 12 rings (SSSR count). The van der Waals surface area contributed by atoms with Crippen LogP contribution in [-0.2, 0) is 21.7 Å². The highest BCUT2D eigenvalue weighted by molar-refractivity contribution is 7.01. The fraction of sp³-hybridized carbons (Fsp3) is 0.242. The Morgan fingerprint density at radius 2 is 1.03 bits per heavy atom. The lowest BCUT2D eigenvalue weighted by Gasteiger charge is -2.44. The van der Waals surface area contributed by atoms with E-state index in [-0.39, 0.29) is 28.4 Å². The van der Waals surface area contributed by atoms with Crippen molar-refractivity contribution in [1.29, 1.82) is 0 Å². The van der Waals surface area contributed by atoms with Crippen LogP contribution in [0.5, 0.6) is 0 Å². The highest BCUT2D eigenvalue weighted by Crippen LogP contribution is 2.52. The average molecular weight is 926 g/mol. The molecule has 352 valence electrons. The van der Waals surface area contributed by atoms with Crippen LogP contribution in [0.25, 0.3) is 22.1 Å². The summed E-state index contributed by atoms with van der Waals surface area (Å²) in [6, 6.07) is 67.9. The predicted molar refractivity (Wildman–Crippen MR) is 303 cm³/mol. The minimum absolute atomic E-state index is 0.00941. The molecule has 4 nitrogen and oxygen atoms in total. The molecule has 8 aromatic carbocycles. The van der Waals surface area contributed by atoms with Crippen molar-refractivity contribution in [2.24, 2.45) is 0 Å². The maximum atomic E-state index is 7.48. The van der Waals surface area contributed by atoms with Gasteiger partial charge in [0.25, 0.3) is 6.71 Å². The summed E-state index contributed by atoms with van der Waals surface area (Å²) in [6.45, 7) is 23.5. The van der Waals surface area contributed by atoms with Crippen molar-refractivity contribution < 1.29 is 4.42 Å². The zero-order valence-corrected chi connectivity index (χ0v) is 43.1. The van der Waals surface area contributed by atoms with E-state index in [4.69, 9.17) is 4.42 Å². The van der Waals surface area contributed by atoms with Crippen LogP contribution in [0.4, 0.5) is 51.4 Å². The molecule has 3 heterocycles. The van der Waals surface area contributed by atoms with Crippen LogP contribution in [-0.4, -0.2) is 6.71 Å². The number of hydrogen-bond donors (Lipinski definition) is 0. The summed E-state index contributed by atoms with van der Waals surface area (Å²) in [6.07, 6.45) is 2.29. The van der Waals surface area contributed by atoms with Gasteiger partial charge in [0.15, 0.2) is 0 Å². The Balaban J connectivity index is 1.17. The van der Waals surface area contributed by atoms with Crippen LogP contribution >= 0.6 is 0 Å². The van der Waals surface area contributed by atoms with Gasteiger partial charge in [-0.1, -0.05) is 166 Å². The second-order valence-electron chi connectivity index (χ2n) is 23.7. The number of anilines is 9. The van der Waals surface area contributed by atoms with E-state index in [9.17, 15) is 0 Å². The summed E-state index contributed by atoms with van der Waals surface area (Å²) in [5.41, 5.74) is 21.5. The number of nitrogens with zero attached hydrogens (tertiary/aromatic N) is 3. The van der Waals surface area contributed by atoms with E-state index in [0.29, 0.717) is 0 Å². The first kappa shape index (κ1) is 44.9. The standard InChI is InChI=1S/C66H64BN3O/c1-63(2,3)44-30-32-48(33-31-44)69-57-38-45(64(4,5)6)39-58-61(57)67(60-51-41-52-53(42-59(51)71-62(60)69)66(9,10)37-36-65(52,7)8)54-28-20-21-29-56(54)70(58)55-35-34-49(40-50(55)43-22-14-11-15-23-43)68(46-24-16-12-17-25-46)47-26-18-13-19-27-47/h11-35,38-42H,36-37H2,1-10H3. The molecule has 0 saturated carbocycles. The molecular formula is C66H64BN3O. The van der Waals surface area contributed by atoms with Crippen LogP contribution in [0.1, 0.15) is 104 Å². The summed E-state index contributed by atoms with van der Waals surface area (Å²) in [4.78, 5) is 7.42. The van der Waals surface area contributed by atoms with Crippen molar-refractivity contribution in [2.45, 2.75) is 104 Å². The van der Waals surface area contributed by atoms with Gasteiger partial charge < -0.3 is 14.2 Å². The van der Waals surface area contributed by atoms with E-state index in [1.807, 2.05) is 0 Å². The third kappa shape index (κ3) is 7.33. The van der Waals surface area contributed by atoms with Gasteiger partial charge in [0.05, 0.1) is 5.69 Å². The van der Waals surface area contributed by atoms with Gasteiger partial charge in [0, 0.05) is 56.2 Å². The van der Waals surface area contributed by atoms with Gasteiger partial charge in [0.2, 0.25) is 5.88 Å². The molecule has 1 aliphatic carbocycles. The molecule has 0 N–H and O–H groups in total. The summed E-state index contributed by atoms with van der Waals surface area (Å²) < 4.78 is 7.48. The van der Waals surface area contributed by atoms with Gasteiger partial charge in [-0.05, 0) is 158 Å². The van der Waals surface area contributed by atoms with E-state index in [2.05, 4.69) is 266 Å². The smallest absolute Gasteiger partial charge is 0.257 e. The Hall–Kier alpha value is -7.24. The van der Waals surface area contributed by atoms with Gasteiger partial charge in [0.1, 0.15) is 5.58 Å². The SMILES string of the molecule is CC(C)(C)c1ccc(N2c3cc(C(C)(C)C)cc4c3B(c3ccccc3N4c3ccc(N(c4ccccc4)c4ccccc4)cc3-c3ccccc3)c3c2oc2cc4c(cc32)C(C)(C)CCC4(C)C)cc1. The third-order valence-electron chi connectivity index (χ3n) is 16.0. The second kappa shape index (κ2) is 16.1. The molecule has 0 bridgehead atoms. The lowest BCUT2D eigenvalue weighted by molar-refractivity contribution is 0.332.